The van der Waals surface area contributed by atoms with Crippen molar-refractivity contribution in [1.29, 1.82) is 0 Å². The quantitative estimate of drug-likeness (QED) is 0.763. The van der Waals surface area contributed by atoms with Gasteiger partial charge in [0.1, 0.15) is 11.3 Å². The molecule has 96 valence electrons. The van der Waals surface area contributed by atoms with Crippen molar-refractivity contribution >= 4 is 10.9 Å². The molecule has 0 radical (unpaired) electrons. The Labute approximate surface area is 109 Å². The number of fused-ring (bicyclic) bond motifs is 1. The molecule has 19 heavy (non-hydrogen) atoms. The molecule has 0 bridgehead atoms. The summed E-state index contributed by atoms with van der Waals surface area (Å²) in [6.45, 7) is 0.422. The molecular weight excluding hydrogens is 244 g/mol. The second-order valence-electron chi connectivity index (χ2n) is 3.91. The maximum absolute atomic E-state index is 5.66. The van der Waals surface area contributed by atoms with Crippen LogP contribution in [0.25, 0.3) is 10.9 Å². The van der Waals surface area contributed by atoms with Crippen molar-refractivity contribution in [2.24, 2.45) is 5.73 Å². The van der Waals surface area contributed by atoms with E-state index in [0.29, 0.717) is 17.5 Å². The molecule has 6 heteroatoms. The lowest BCUT2D eigenvalue weighted by Crippen LogP contribution is -1.97. The highest BCUT2D eigenvalue weighted by Crippen LogP contribution is 2.23. The molecule has 2 N–H and O–H groups in total. The molecule has 3 rings (SSSR count). The Morgan fingerprint density at radius 3 is 2.79 bits per heavy atom. The van der Waals surface area contributed by atoms with Gasteiger partial charge in [-0.25, -0.2) is 0 Å². The topological polar surface area (TPSA) is 87.1 Å². The van der Waals surface area contributed by atoms with Crippen LogP contribution in [0.1, 0.15) is 11.8 Å². The van der Waals surface area contributed by atoms with Gasteiger partial charge in [0.15, 0.2) is 6.61 Å². The number of hydrogen-bond donors (Lipinski definition) is 1. The standard InChI is InChI=1S/C13H12N4O2/c14-7-11-16-17-12(19-11)8-18-10-5-1-3-9-4-2-6-15-13(9)10/h1-6H,7-8,14H2. The highest BCUT2D eigenvalue weighted by molar-refractivity contribution is 5.84. The highest BCUT2D eigenvalue weighted by atomic mass is 16.5. The van der Waals surface area contributed by atoms with Crippen LogP contribution in [0.5, 0.6) is 5.75 Å². The van der Waals surface area contributed by atoms with Gasteiger partial charge in [0.25, 0.3) is 5.89 Å². The van der Waals surface area contributed by atoms with Crippen LogP contribution in [0.3, 0.4) is 0 Å². The van der Waals surface area contributed by atoms with Crippen LogP contribution in [0.2, 0.25) is 0 Å². The molecule has 0 saturated heterocycles. The molecule has 0 fully saturated rings. The second-order valence-corrected chi connectivity index (χ2v) is 3.91. The number of hydrogen-bond acceptors (Lipinski definition) is 6. The fourth-order valence-electron chi connectivity index (χ4n) is 1.76. The lowest BCUT2D eigenvalue weighted by molar-refractivity contribution is 0.261. The summed E-state index contributed by atoms with van der Waals surface area (Å²) in [7, 11) is 0. The fraction of sp³-hybridized carbons (Fsp3) is 0.154. The molecule has 0 aliphatic carbocycles. The first-order valence-electron chi connectivity index (χ1n) is 5.84. The fourth-order valence-corrected chi connectivity index (χ4v) is 1.76. The third kappa shape index (κ3) is 2.38. The molecule has 0 aliphatic heterocycles. The Hall–Kier alpha value is -2.47. The van der Waals surface area contributed by atoms with Crippen molar-refractivity contribution in [3.63, 3.8) is 0 Å². The third-order valence-electron chi connectivity index (χ3n) is 2.63. The van der Waals surface area contributed by atoms with Crippen LogP contribution in [0.4, 0.5) is 0 Å². The SMILES string of the molecule is NCc1nnc(COc2cccc3cccnc23)o1. The van der Waals surface area contributed by atoms with E-state index >= 15 is 0 Å². The van der Waals surface area contributed by atoms with Gasteiger partial charge in [-0.05, 0) is 12.1 Å². The van der Waals surface area contributed by atoms with Crippen molar-refractivity contribution in [3.8, 4) is 5.75 Å². The first-order chi connectivity index (χ1) is 9.36. The molecular formula is C13H12N4O2. The molecule has 2 aromatic heterocycles. The van der Waals surface area contributed by atoms with Crippen molar-refractivity contribution in [3.05, 3.63) is 48.3 Å². The van der Waals surface area contributed by atoms with Crippen molar-refractivity contribution in [2.75, 3.05) is 0 Å². The minimum Gasteiger partial charge on any atom is -0.482 e. The van der Waals surface area contributed by atoms with Gasteiger partial charge < -0.3 is 14.9 Å². The number of ether oxygens (including phenoxy) is 1. The maximum atomic E-state index is 5.66. The van der Waals surface area contributed by atoms with Gasteiger partial charge in [0.2, 0.25) is 5.89 Å². The van der Waals surface area contributed by atoms with Crippen LogP contribution in [-0.4, -0.2) is 15.2 Å². The number of rotatable bonds is 4. The van der Waals surface area contributed by atoms with E-state index in [1.54, 1.807) is 6.20 Å². The number of aromatic nitrogens is 3. The summed E-state index contributed by atoms with van der Waals surface area (Å²) in [6.07, 6.45) is 1.73. The summed E-state index contributed by atoms with van der Waals surface area (Å²) in [5, 5.41) is 8.63. The molecule has 0 saturated carbocycles. The van der Waals surface area contributed by atoms with E-state index in [9.17, 15) is 0 Å². The van der Waals surface area contributed by atoms with Crippen LogP contribution in [0.15, 0.2) is 40.9 Å². The summed E-state index contributed by atoms with van der Waals surface area (Å²) >= 11 is 0. The first-order valence-corrected chi connectivity index (χ1v) is 5.84. The van der Waals surface area contributed by atoms with Crippen LogP contribution in [0, 0.1) is 0 Å². The number of para-hydroxylation sites is 1. The van der Waals surface area contributed by atoms with Crippen LogP contribution < -0.4 is 10.5 Å². The predicted octanol–water partition coefficient (Wildman–Crippen LogP) is 1.66. The summed E-state index contributed by atoms with van der Waals surface area (Å²) in [6, 6.07) is 9.62. The maximum Gasteiger partial charge on any atom is 0.253 e. The number of benzene rings is 1. The summed E-state index contributed by atoms with van der Waals surface area (Å²) in [4.78, 5) is 4.30. The zero-order valence-electron chi connectivity index (χ0n) is 10.1. The lowest BCUT2D eigenvalue weighted by atomic mass is 10.2. The summed E-state index contributed by atoms with van der Waals surface area (Å²) in [5.41, 5.74) is 6.21. The second kappa shape index (κ2) is 5.03. The third-order valence-corrected chi connectivity index (χ3v) is 2.63. The van der Waals surface area contributed by atoms with Gasteiger partial charge in [-0.3, -0.25) is 4.98 Å². The van der Waals surface area contributed by atoms with E-state index in [1.807, 2.05) is 30.3 Å². The molecule has 2 heterocycles. The Balaban J connectivity index is 1.81. The van der Waals surface area contributed by atoms with E-state index in [-0.39, 0.29) is 13.2 Å². The van der Waals surface area contributed by atoms with E-state index in [0.717, 1.165) is 10.9 Å². The van der Waals surface area contributed by atoms with E-state index in [2.05, 4.69) is 15.2 Å². The molecule has 0 amide bonds. The number of nitrogens with two attached hydrogens (primary N) is 1. The predicted molar refractivity (Wildman–Crippen MR) is 68.3 cm³/mol. The van der Waals surface area contributed by atoms with Gasteiger partial charge >= 0.3 is 0 Å². The Kier molecular flexibility index (Phi) is 3.07. The minimum absolute atomic E-state index is 0.197. The van der Waals surface area contributed by atoms with Gasteiger partial charge in [-0.1, -0.05) is 18.2 Å². The Morgan fingerprint density at radius 1 is 1.11 bits per heavy atom. The Morgan fingerprint density at radius 2 is 1.95 bits per heavy atom. The van der Waals surface area contributed by atoms with E-state index in [4.69, 9.17) is 14.9 Å². The normalized spacial score (nSPS) is 10.8. The molecule has 1 aromatic carbocycles. The smallest absolute Gasteiger partial charge is 0.253 e. The number of pyridine rings is 1. The minimum atomic E-state index is 0.197. The van der Waals surface area contributed by atoms with Crippen molar-refractivity contribution in [1.82, 2.24) is 15.2 Å². The molecule has 0 aliphatic rings. The van der Waals surface area contributed by atoms with Gasteiger partial charge in [-0.15, -0.1) is 10.2 Å². The molecule has 6 nitrogen and oxygen atoms in total. The highest BCUT2D eigenvalue weighted by Gasteiger charge is 2.07. The molecule has 0 atom stereocenters. The van der Waals surface area contributed by atoms with Crippen LogP contribution in [-0.2, 0) is 13.2 Å². The molecule has 3 aromatic rings. The average molecular weight is 256 g/mol. The monoisotopic (exact) mass is 256 g/mol. The zero-order chi connectivity index (χ0) is 13.1. The largest absolute Gasteiger partial charge is 0.482 e. The van der Waals surface area contributed by atoms with Gasteiger partial charge in [-0.2, -0.15) is 0 Å². The van der Waals surface area contributed by atoms with E-state index < -0.39 is 0 Å². The summed E-state index contributed by atoms with van der Waals surface area (Å²) in [5.74, 6) is 1.48. The zero-order valence-corrected chi connectivity index (χ0v) is 10.1. The first kappa shape index (κ1) is 11.6. The molecule has 0 spiro atoms. The van der Waals surface area contributed by atoms with Crippen molar-refractivity contribution < 1.29 is 9.15 Å². The average Bonchev–Trinajstić information content (AvgIpc) is 2.93. The van der Waals surface area contributed by atoms with Crippen molar-refractivity contribution in [2.45, 2.75) is 13.2 Å². The number of nitrogens with zero attached hydrogens (tertiary/aromatic N) is 3. The van der Waals surface area contributed by atoms with Gasteiger partial charge in [0, 0.05) is 11.6 Å². The van der Waals surface area contributed by atoms with E-state index in [1.165, 1.54) is 0 Å². The van der Waals surface area contributed by atoms with Crippen LogP contribution >= 0.6 is 0 Å². The summed E-state index contributed by atoms with van der Waals surface area (Å²) < 4.78 is 10.9. The van der Waals surface area contributed by atoms with Gasteiger partial charge in [0.05, 0.1) is 6.54 Å². The molecule has 0 unspecified atom stereocenters. The lowest BCUT2D eigenvalue weighted by Gasteiger charge is -2.06. The Bertz CT molecular complexity index is 690.